The Hall–Kier alpha value is -2.68. The Morgan fingerprint density at radius 2 is 1.79 bits per heavy atom. The maximum Gasteiger partial charge on any atom is 0.524 e. The quantitative estimate of drug-likeness (QED) is 0.284. The zero-order valence-corrected chi connectivity index (χ0v) is 23.2. The van der Waals surface area contributed by atoms with E-state index in [4.69, 9.17) is 9.26 Å². The normalized spacial score (nSPS) is 17.8. The number of hydrogen-bond donors (Lipinski definition) is 2. The molecule has 1 atom stereocenters. The van der Waals surface area contributed by atoms with Crippen LogP contribution in [-0.4, -0.2) is 52.9 Å². The first-order chi connectivity index (χ1) is 18.7. The van der Waals surface area contributed by atoms with E-state index in [1.54, 1.807) is 18.2 Å². The van der Waals surface area contributed by atoms with Crippen LogP contribution in [0.5, 0.6) is 11.5 Å². The Balaban J connectivity index is 1.48. The number of aryl methyl sites for hydroxylation is 1. The van der Waals surface area contributed by atoms with Crippen LogP contribution in [0.15, 0.2) is 65.6 Å². The lowest BCUT2D eigenvalue weighted by atomic mass is 9.89. The van der Waals surface area contributed by atoms with Gasteiger partial charge in [0, 0.05) is 35.8 Å². The molecule has 10 heteroatoms. The van der Waals surface area contributed by atoms with E-state index in [9.17, 15) is 18.7 Å². The first-order valence-electron chi connectivity index (χ1n) is 12.8. The van der Waals surface area contributed by atoms with Crippen LogP contribution in [0.1, 0.15) is 35.1 Å². The van der Waals surface area contributed by atoms with Gasteiger partial charge in [-0.25, -0.2) is 8.96 Å². The van der Waals surface area contributed by atoms with Gasteiger partial charge in [-0.1, -0.05) is 24.3 Å². The number of alkyl halides is 1. The topological polar surface area (TPSA) is 79.2 Å². The summed E-state index contributed by atoms with van der Waals surface area (Å²) < 4.78 is 50.0. The highest BCUT2D eigenvalue weighted by atomic mass is 32.2. The van der Waals surface area contributed by atoms with Crippen LogP contribution in [0, 0.1) is 12.7 Å². The minimum atomic E-state index is -4.70. The number of phosphoric ester groups is 1. The van der Waals surface area contributed by atoms with E-state index in [1.165, 1.54) is 23.9 Å². The molecule has 206 valence electrons. The molecule has 6 nitrogen and oxygen atoms in total. The maximum absolute atomic E-state index is 15.2. The van der Waals surface area contributed by atoms with Crippen LogP contribution in [0.4, 0.5) is 8.78 Å². The third kappa shape index (κ3) is 6.73. The van der Waals surface area contributed by atoms with Gasteiger partial charge in [0.2, 0.25) is 0 Å². The molecule has 2 heterocycles. The van der Waals surface area contributed by atoms with E-state index in [1.807, 2.05) is 37.3 Å². The number of benzene rings is 3. The Kier molecular flexibility index (Phi) is 8.45. The molecule has 2 aliphatic rings. The van der Waals surface area contributed by atoms with E-state index < -0.39 is 7.82 Å². The molecule has 0 aliphatic carbocycles. The summed E-state index contributed by atoms with van der Waals surface area (Å²) in [4.78, 5) is 21.5. The molecule has 0 bridgehead atoms. The number of nitrogens with zero attached hydrogens (tertiary/aromatic N) is 1. The van der Waals surface area contributed by atoms with Crippen molar-refractivity contribution in [2.75, 3.05) is 32.1 Å². The van der Waals surface area contributed by atoms with Gasteiger partial charge in [-0.15, -0.1) is 11.8 Å². The maximum atomic E-state index is 15.2. The van der Waals surface area contributed by atoms with E-state index in [-0.39, 0.29) is 24.3 Å². The summed E-state index contributed by atoms with van der Waals surface area (Å²) in [7, 11) is -4.70. The van der Waals surface area contributed by atoms with Crippen molar-refractivity contribution in [2.45, 2.75) is 30.8 Å². The van der Waals surface area contributed by atoms with Gasteiger partial charge in [-0.05, 0) is 84.0 Å². The fraction of sp³-hybridized carbons (Fsp3) is 0.310. The number of halogens is 2. The number of fused-ring (bicyclic) bond motifs is 1. The number of rotatable bonds is 9. The molecule has 1 saturated heterocycles. The van der Waals surface area contributed by atoms with Crippen LogP contribution in [0.3, 0.4) is 0 Å². The second-order valence-corrected chi connectivity index (χ2v) is 11.9. The molecule has 0 spiro atoms. The standard InChI is InChI=1S/C29H30F2NO5PS/c1-19-3-9-24(27(31)15-19)26-18-39-28-16-22(37-38(33,34)35)8-10-25(28)29(26)20-4-6-21(7-5-20)36-23-11-14-32(17-23)13-2-12-30/h3-10,15-16,23H,2,11-14,17-18H2,1H3,(H2,33,34,35)/t23-/m0/s1. The van der Waals surface area contributed by atoms with Crippen molar-refractivity contribution in [3.05, 3.63) is 88.7 Å². The molecule has 3 aromatic carbocycles. The lowest BCUT2D eigenvalue weighted by molar-refractivity contribution is 0.198. The number of ether oxygens (including phenoxy) is 1. The molecular weight excluding hydrogens is 543 g/mol. The molecule has 2 N–H and O–H groups in total. The van der Waals surface area contributed by atoms with Gasteiger partial charge in [-0.3, -0.25) is 19.1 Å². The minimum Gasteiger partial charge on any atom is -0.489 e. The lowest BCUT2D eigenvalue weighted by Crippen LogP contribution is -2.26. The minimum absolute atomic E-state index is 0.0474. The molecule has 0 unspecified atom stereocenters. The van der Waals surface area contributed by atoms with E-state index in [0.717, 1.165) is 64.5 Å². The van der Waals surface area contributed by atoms with Gasteiger partial charge in [0.25, 0.3) is 0 Å². The van der Waals surface area contributed by atoms with E-state index in [0.29, 0.717) is 17.7 Å². The zero-order valence-electron chi connectivity index (χ0n) is 21.5. The van der Waals surface area contributed by atoms with Crippen LogP contribution >= 0.6 is 19.6 Å². The molecule has 5 rings (SSSR count). The summed E-state index contributed by atoms with van der Waals surface area (Å²) in [5, 5.41) is 0. The van der Waals surface area contributed by atoms with E-state index in [2.05, 4.69) is 4.90 Å². The number of phosphoric acid groups is 1. The lowest BCUT2D eigenvalue weighted by Gasteiger charge is -2.25. The van der Waals surface area contributed by atoms with E-state index >= 15 is 4.39 Å². The van der Waals surface area contributed by atoms with Gasteiger partial charge in [0.1, 0.15) is 23.4 Å². The summed E-state index contributed by atoms with van der Waals surface area (Å²) in [6.07, 6.45) is 1.47. The first kappa shape index (κ1) is 27.9. The molecule has 3 aromatic rings. The molecule has 0 saturated carbocycles. The average Bonchev–Trinajstić information content (AvgIpc) is 3.33. The predicted octanol–water partition coefficient (Wildman–Crippen LogP) is 6.48. The van der Waals surface area contributed by atoms with Crippen molar-refractivity contribution in [1.29, 1.82) is 0 Å². The van der Waals surface area contributed by atoms with Crippen LogP contribution < -0.4 is 9.26 Å². The Labute approximate surface area is 230 Å². The monoisotopic (exact) mass is 573 g/mol. The first-order valence-corrected chi connectivity index (χ1v) is 15.3. The molecule has 0 radical (unpaired) electrons. The molecule has 0 aromatic heterocycles. The summed E-state index contributed by atoms with van der Waals surface area (Å²) >= 11 is 1.46. The molecule has 2 aliphatic heterocycles. The molecule has 0 amide bonds. The Bertz CT molecular complexity index is 1430. The highest BCUT2D eigenvalue weighted by molar-refractivity contribution is 7.99. The fourth-order valence-corrected chi connectivity index (χ4v) is 6.60. The summed E-state index contributed by atoms with van der Waals surface area (Å²) in [6, 6.07) is 17.8. The number of hydrogen-bond acceptors (Lipinski definition) is 5. The van der Waals surface area contributed by atoms with Crippen molar-refractivity contribution in [1.82, 2.24) is 4.90 Å². The highest BCUT2D eigenvalue weighted by Crippen LogP contribution is 2.47. The molecule has 39 heavy (non-hydrogen) atoms. The summed E-state index contributed by atoms with van der Waals surface area (Å²) in [5.41, 5.74) is 4.73. The van der Waals surface area contributed by atoms with Gasteiger partial charge in [-0.2, -0.15) is 0 Å². The second-order valence-electron chi connectivity index (χ2n) is 9.76. The summed E-state index contributed by atoms with van der Waals surface area (Å²) in [5.74, 6) is 0.971. The largest absolute Gasteiger partial charge is 0.524 e. The second kappa shape index (κ2) is 11.8. The van der Waals surface area contributed by atoms with Gasteiger partial charge in [0.15, 0.2) is 0 Å². The average molecular weight is 574 g/mol. The fourth-order valence-electron chi connectivity index (χ4n) is 5.09. The number of thioether (sulfide) groups is 1. The van der Waals surface area contributed by atoms with Crippen molar-refractivity contribution in [3.8, 4) is 11.5 Å². The van der Waals surface area contributed by atoms with Crippen LogP contribution in [-0.2, 0) is 4.57 Å². The Morgan fingerprint density at radius 3 is 2.51 bits per heavy atom. The third-order valence-corrected chi connectivity index (χ3v) is 8.38. The highest BCUT2D eigenvalue weighted by Gasteiger charge is 2.27. The van der Waals surface area contributed by atoms with Crippen molar-refractivity contribution >= 4 is 30.7 Å². The molecular formula is C29H30F2NO5PS. The van der Waals surface area contributed by atoms with Crippen molar-refractivity contribution < 1.29 is 32.4 Å². The molecule has 1 fully saturated rings. The van der Waals surface area contributed by atoms with Gasteiger partial charge < -0.3 is 9.26 Å². The van der Waals surface area contributed by atoms with Crippen molar-refractivity contribution in [3.63, 3.8) is 0 Å². The van der Waals surface area contributed by atoms with Gasteiger partial charge in [0.05, 0.1) is 6.67 Å². The third-order valence-electron chi connectivity index (χ3n) is 6.85. The predicted molar refractivity (Wildman–Crippen MR) is 149 cm³/mol. The van der Waals surface area contributed by atoms with Crippen LogP contribution in [0.25, 0.3) is 11.1 Å². The SMILES string of the molecule is Cc1ccc(C2=C(c3ccc(O[C@H]4CCN(CCCF)C4)cc3)c3ccc(OP(=O)(O)O)cc3SC2)c(F)c1. The van der Waals surface area contributed by atoms with Crippen LogP contribution in [0.2, 0.25) is 0 Å². The summed E-state index contributed by atoms with van der Waals surface area (Å²) in [6.45, 7) is 3.93. The smallest absolute Gasteiger partial charge is 0.489 e. The Morgan fingerprint density at radius 1 is 1.05 bits per heavy atom. The van der Waals surface area contributed by atoms with Crippen molar-refractivity contribution in [2.24, 2.45) is 0 Å². The number of likely N-dealkylation sites (tertiary alicyclic amines) is 1. The van der Waals surface area contributed by atoms with Gasteiger partial charge >= 0.3 is 7.82 Å². The zero-order chi connectivity index (χ0) is 27.6.